The fraction of sp³-hybridized carbons (Fsp3) is 0.412. The van der Waals surface area contributed by atoms with Gasteiger partial charge in [-0.2, -0.15) is 11.8 Å². The van der Waals surface area contributed by atoms with Crippen molar-refractivity contribution in [2.24, 2.45) is 0 Å². The SMILES string of the molecule is CC(=O)Nc1cccnc1NCCSCc1ccc(CN(C)C)o1. The number of thioether (sulfide) groups is 1. The molecule has 0 aliphatic heterocycles. The van der Waals surface area contributed by atoms with E-state index in [0.717, 1.165) is 36.1 Å². The fourth-order valence-electron chi connectivity index (χ4n) is 2.15. The summed E-state index contributed by atoms with van der Waals surface area (Å²) in [6.45, 7) is 3.07. The van der Waals surface area contributed by atoms with Crippen LogP contribution in [-0.4, -0.2) is 42.2 Å². The molecule has 1 amide bonds. The van der Waals surface area contributed by atoms with Crippen molar-refractivity contribution in [1.29, 1.82) is 0 Å². The molecule has 2 heterocycles. The molecule has 7 heteroatoms. The van der Waals surface area contributed by atoms with E-state index in [1.807, 2.05) is 32.3 Å². The number of pyridine rings is 1. The van der Waals surface area contributed by atoms with Crippen LogP contribution in [0.4, 0.5) is 11.5 Å². The Morgan fingerprint density at radius 1 is 1.29 bits per heavy atom. The van der Waals surface area contributed by atoms with Crippen molar-refractivity contribution < 1.29 is 9.21 Å². The van der Waals surface area contributed by atoms with Gasteiger partial charge < -0.3 is 20.0 Å². The standard InChI is InChI=1S/C17H24N4O2S/c1-13(22)20-16-5-4-8-18-17(16)19-9-10-24-12-15-7-6-14(23-15)11-21(2)3/h4-8H,9-12H2,1-3H3,(H,18,19)(H,20,22). The number of hydrogen-bond acceptors (Lipinski definition) is 6. The molecule has 0 aliphatic rings. The summed E-state index contributed by atoms with van der Waals surface area (Å²) in [4.78, 5) is 17.5. The molecule has 0 fully saturated rings. The van der Waals surface area contributed by atoms with Gasteiger partial charge in [-0.05, 0) is 38.4 Å². The van der Waals surface area contributed by atoms with Crippen LogP contribution in [0.2, 0.25) is 0 Å². The maximum Gasteiger partial charge on any atom is 0.221 e. The van der Waals surface area contributed by atoms with Gasteiger partial charge in [0.1, 0.15) is 17.3 Å². The Kier molecular flexibility index (Phi) is 7.14. The molecule has 0 atom stereocenters. The van der Waals surface area contributed by atoms with Gasteiger partial charge in [0.15, 0.2) is 0 Å². The first-order valence-electron chi connectivity index (χ1n) is 7.81. The monoisotopic (exact) mass is 348 g/mol. The maximum absolute atomic E-state index is 11.2. The summed E-state index contributed by atoms with van der Waals surface area (Å²) >= 11 is 1.79. The second-order valence-corrected chi connectivity index (χ2v) is 6.77. The number of aromatic nitrogens is 1. The van der Waals surface area contributed by atoms with Gasteiger partial charge in [0.25, 0.3) is 0 Å². The molecule has 0 aromatic carbocycles. The lowest BCUT2D eigenvalue weighted by molar-refractivity contribution is -0.114. The Morgan fingerprint density at radius 2 is 2.08 bits per heavy atom. The Balaban J connectivity index is 1.72. The van der Waals surface area contributed by atoms with Crippen molar-refractivity contribution in [2.45, 2.75) is 19.2 Å². The predicted molar refractivity (Wildman–Crippen MR) is 99.3 cm³/mol. The van der Waals surface area contributed by atoms with Crippen molar-refractivity contribution in [2.75, 3.05) is 37.0 Å². The Bertz CT molecular complexity index is 658. The van der Waals surface area contributed by atoms with Gasteiger partial charge in [-0.1, -0.05) is 0 Å². The third-order valence-electron chi connectivity index (χ3n) is 3.09. The van der Waals surface area contributed by atoms with Gasteiger partial charge in [-0.25, -0.2) is 4.98 Å². The third-order valence-corrected chi connectivity index (χ3v) is 4.07. The predicted octanol–water partition coefficient (Wildman–Crippen LogP) is 3.04. The zero-order valence-corrected chi connectivity index (χ0v) is 15.2. The highest BCUT2D eigenvalue weighted by Gasteiger charge is 2.05. The van der Waals surface area contributed by atoms with Crippen LogP contribution in [0.5, 0.6) is 0 Å². The van der Waals surface area contributed by atoms with Crippen LogP contribution in [0.15, 0.2) is 34.9 Å². The largest absolute Gasteiger partial charge is 0.464 e. The minimum absolute atomic E-state index is 0.105. The van der Waals surface area contributed by atoms with E-state index in [2.05, 4.69) is 20.5 Å². The van der Waals surface area contributed by atoms with E-state index in [4.69, 9.17) is 4.42 Å². The molecular formula is C17H24N4O2S. The number of hydrogen-bond donors (Lipinski definition) is 2. The summed E-state index contributed by atoms with van der Waals surface area (Å²) in [6.07, 6.45) is 1.70. The molecule has 0 radical (unpaired) electrons. The van der Waals surface area contributed by atoms with E-state index in [-0.39, 0.29) is 5.91 Å². The first kappa shape index (κ1) is 18.4. The molecule has 0 bridgehead atoms. The molecule has 0 unspecified atom stereocenters. The van der Waals surface area contributed by atoms with Crippen molar-refractivity contribution in [3.05, 3.63) is 42.0 Å². The third kappa shape index (κ3) is 6.25. The number of furan rings is 1. The van der Waals surface area contributed by atoms with Crippen LogP contribution in [0, 0.1) is 0 Å². The second kappa shape index (κ2) is 9.34. The average Bonchev–Trinajstić information content (AvgIpc) is 2.94. The first-order valence-corrected chi connectivity index (χ1v) is 8.96. The molecule has 0 saturated heterocycles. The van der Waals surface area contributed by atoms with Gasteiger partial charge in [0, 0.05) is 25.4 Å². The van der Waals surface area contributed by atoms with E-state index < -0.39 is 0 Å². The summed E-state index contributed by atoms with van der Waals surface area (Å²) in [7, 11) is 4.05. The maximum atomic E-state index is 11.2. The number of nitrogens with zero attached hydrogens (tertiary/aromatic N) is 2. The molecule has 0 saturated carbocycles. The summed E-state index contributed by atoms with van der Waals surface area (Å²) in [5.74, 6) is 4.33. The van der Waals surface area contributed by atoms with E-state index >= 15 is 0 Å². The van der Waals surface area contributed by atoms with E-state index in [9.17, 15) is 4.79 Å². The number of nitrogens with one attached hydrogen (secondary N) is 2. The fourth-order valence-corrected chi connectivity index (χ4v) is 2.89. The van der Waals surface area contributed by atoms with E-state index in [1.54, 1.807) is 24.0 Å². The smallest absolute Gasteiger partial charge is 0.221 e. The molecule has 0 aliphatic carbocycles. The number of amides is 1. The molecule has 2 aromatic heterocycles. The van der Waals surface area contributed by atoms with Gasteiger partial charge in [0.05, 0.1) is 18.0 Å². The number of carbonyl (C=O) groups is 1. The lowest BCUT2D eigenvalue weighted by atomic mass is 10.3. The Morgan fingerprint density at radius 3 is 2.83 bits per heavy atom. The topological polar surface area (TPSA) is 70.4 Å². The molecule has 6 nitrogen and oxygen atoms in total. The van der Waals surface area contributed by atoms with Crippen molar-refractivity contribution in [3.8, 4) is 0 Å². The van der Waals surface area contributed by atoms with Crippen LogP contribution in [-0.2, 0) is 17.1 Å². The summed E-state index contributed by atoms with van der Waals surface area (Å²) < 4.78 is 5.78. The van der Waals surface area contributed by atoms with Gasteiger partial charge >= 0.3 is 0 Å². The molecule has 24 heavy (non-hydrogen) atoms. The molecule has 130 valence electrons. The van der Waals surface area contributed by atoms with Crippen LogP contribution >= 0.6 is 11.8 Å². The van der Waals surface area contributed by atoms with Gasteiger partial charge in [-0.15, -0.1) is 0 Å². The molecular weight excluding hydrogens is 324 g/mol. The number of carbonyl (C=O) groups excluding carboxylic acids is 1. The second-order valence-electron chi connectivity index (χ2n) is 5.67. The molecule has 0 spiro atoms. The normalized spacial score (nSPS) is 10.8. The quantitative estimate of drug-likeness (QED) is 0.679. The number of rotatable bonds is 9. The van der Waals surface area contributed by atoms with E-state index in [1.165, 1.54) is 6.92 Å². The van der Waals surface area contributed by atoms with E-state index in [0.29, 0.717) is 11.5 Å². The first-order chi connectivity index (χ1) is 11.5. The minimum Gasteiger partial charge on any atom is -0.464 e. The highest BCUT2D eigenvalue weighted by Crippen LogP contribution is 2.19. The van der Waals surface area contributed by atoms with Crippen molar-refractivity contribution >= 4 is 29.2 Å². The molecule has 2 rings (SSSR count). The zero-order chi connectivity index (χ0) is 17.4. The minimum atomic E-state index is -0.105. The highest BCUT2D eigenvalue weighted by atomic mass is 32.2. The lowest BCUT2D eigenvalue weighted by Gasteiger charge is -2.10. The van der Waals surface area contributed by atoms with Crippen LogP contribution in [0.25, 0.3) is 0 Å². The van der Waals surface area contributed by atoms with Gasteiger partial charge in [0.2, 0.25) is 5.91 Å². The Hall–Kier alpha value is -1.99. The van der Waals surface area contributed by atoms with Crippen LogP contribution in [0.1, 0.15) is 18.4 Å². The number of anilines is 2. The summed E-state index contributed by atoms with van der Waals surface area (Å²) in [5, 5.41) is 6.02. The van der Waals surface area contributed by atoms with Crippen molar-refractivity contribution in [3.63, 3.8) is 0 Å². The lowest BCUT2D eigenvalue weighted by Crippen LogP contribution is -2.12. The van der Waals surface area contributed by atoms with Crippen LogP contribution in [0.3, 0.4) is 0 Å². The van der Waals surface area contributed by atoms with Crippen LogP contribution < -0.4 is 10.6 Å². The molecule has 2 N–H and O–H groups in total. The summed E-state index contributed by atoms with van der Waals surface area (Å²) in [6, 6.07) is 7.70. The summed E-state index contributed by atoms with van der Waals surface area (Å²) in [5.41, 5.74) is 0.703. The highest BCUT2D eigenvalue weighted by molar-refractivity contribution is 7.98. The Labute approximate surface area is 147 Å². The van der Waals surface area contributed by atoms with Gasteiger partial charge in [-0.3, -0.25) is 4.79 Å². The average molecular weight is 348 g/mol. The molecule has 2 aromatic rings. The zero-order valence-electron chi connectivity index (χ0n) is 14.3. The van der Waals surface area contributed by atoms with Crippen molar-refractivity contribution in [1.82, 2.24) is 9.88 Å².